The fourth-order valence-electron chi connectivity index (χ4n) is 2.23. The van der Waals surface area contributed by atoms with Crippen molar-refractivity contribution in [2.75, 3.05) is 20.7 Å². The molecule has 2 aromatic rings. The molecule has 0 bridgehead atoms. The van der Waals surface area contributed by atoms with Gasteiger partial charge in [-0.05, 0) is 31.5 Å². The Balaban J connectivity index is 0.00000288. The Morgan fingerprint density at radius 1 is 1.33 bits per heavy atom. The van der Waals surface area contributed by atoms with E-state index >= 15 is 0 Å². The van der Waals surface area contributed by atoms with Gasteiger partial charge in [-0.2, -0.15) is 0 Å². The van der Waals surface area contributed by atoms with Crippen LogP contribution in [-0.2, 0) is 13.1 Å². The number of nitrogens with one attached hydrogen (secondary N) is 1. The number of hydrogen-bond acceptors (Lipinski definition) is 4. The van der Waals surface area contributed by atoms with Gasteiger partial charge in [0.25, 0.3) is 0 Å². The van der Waals surface area contributed by atoms with E-state index in [-0.39, 0.29) is 24.0 Å². The number of nitrogens with zero attached hydrogens (tertiary/aromatic N) is 3. The third-order valence-corrected chi connectivity index (χ3v) is 4.21. The summed E-state index contributed by atoms with van der Waals surface area (Å²) in [5.74, 6) is 1.76. The van der Waals surface area contributed by atoms with Crippen LogP contribution >= 0.6 is 35.3 Å². The van der Waals surface area contributed by atoms with Crippen LogP contribution in [0.4, 0.5) is 0 Å². The third kappa shape index (κ3) is 6.27. The van der Waals surface area contributed by atoms with Crippen molar-refractivity contribution in [3.63, 3.8) is 0 Å². The fourth-order valence-corrected chi connectivity index (χ4v) is 2.96. The average molecular weight is 460 g/mol. The fraction of sp³-hybridized carbons (Fsp3) is 0.412. The van der Waals surface area contributed by atoms with Crippen molar-refractivity contribution in [2.24, 2.45) is 4.99 Å². The van der Waals surface area contributed by atoms with Crippen LogP contribution in [0.3, 0.4) is 0 Å². The molecule has 1 heterocycles. The lowest BCUT2D eigenvalue weighted by Gasteiger charge is -2.22. The van der Waals surface area contributed by atoms with Crippen LogP contribution in [0.15, 0.2) is 35.5 Å². The standard InChI is InChI=1S/C17H24N4OS.HI/c1-5-22-15-8-6-14(7-9-15)12-21(4)17(18-3)20-11-16-19-10-13(2)23-16;/h6-10H,5,11-12H2,1-4H3,(H,18,20);1H. The summed E-state index contributed by atoms with van der Waals surface area (Å²) in [6, 6.07) is 8.17. The largest absolute Gasteiger partial charge is 0.494 e. The SMILES string of the molecule is CCOc1ccc(CN(C)C(=NC)NCc2ncc(C)s2)cc1.I. The van der Waals surface area contributed by atoms with E-state index in [1.165, 1.54) is 10.4 Å². The summed E-state index contributed by atoms with van der Waals surface area (Å²) in [5, 5.41) is 4.42. The molecule has 24 heavy (non-hydrogen) atoms. The number of aryl methyl sites for hydroxylation is 1. The van der Waals surface area contributed by atoms with Gasteiger partial charge in [0.15, 0.2) is 5.96 Å². The summed E-state index contributed by atoms with van der Waals surface area (Å²) in [4.78, 5) is 12.0. The monoisotopic (exact) mass is 460 g/mol. The molecule has 0 aliphatic heterocycles. The van der Waals surface area contributed by atoms with Gasteiger partial charge in [0.2, 0.25) is 0 Å². The van der Waals surface area contributed by atoms with Crippen molar-refractivity contribution in [3.8, 4) is 5.75 Å². The van der Waals surface area contributed by atoms with Gasteiger partial charge in [-0.3, -0.25) is 4.99 Å². The topological polar surface area (TPSA) is 49.8 Å². The molecule has 7 heteroatoms. The molecule has 2 rings (SSSR count). The van der Waals surface area contributed by atoms with Gasteiger partial charge < -0.3 is 15.0 Å². The van der Waals surface area contributed by atoms with E-state index < -0.39 is 0 Å². The molecule has 0 radical (unpaired) electrons. The van der Waals surface area contributed by atoms with Gasteiger partial charge in [0, 0.05) is 31.7 Å². The third-order valence-electron chi connectivity index (χ3n) is 3.29. The molecular weight excluding hydrogens is 435 g/mol. The van der Waals surface area contributed by atoms with Crippen LogP contribution in [0.5, 0.6) is 5.75 Å². The lowest BCUT2D eigenvalue weighted by atomic mass is 10.2. The minimum Gasteiger partial charge on any atom is -0.494 e. The molecule has 0 unspecified atom stereocenters. The Kier molecular flexibility index (Phi) is 9.05. The highest BCUT2D eigenvalue weighted by molar-refractivity contribution is 14.0. The highest BCUT2D eigenvalue weighted by Gasteiger charge is 2.08. The molecule has 0 aliphatic carbocycles. The molecule has 1 aromatic carbocycles. The van der Waals surface area contributed by atoms with Gasteiger partial charge >= 0.3 is 0 Å². The van der Waals surface area contributed by atoms with Gasteiger partial charge in [0.1, 0.15) is 10.8 Å². The molecule has 1 aromatic heterocycles. The molecule has 132 valence electrons. The van der Waals surface area contributed by atoms with Gasteiger partial charge in [0.05, 0.1) is 13.2 Å². The number of rotatable bonds is 6. The Morgan fingerprint density at radius 3 is 2.58 bits per heavy atom. The van der Waals surface area contributed by atoms with E-state index in [0.29, 0.717) is 13.2 Å². The van der Waals surface area contributed by atoms with Crippen LogP contribution in [0.25, 0.3) is 0 Å². The molecule has 5 nitrogen and oxygen atoms in total. The zero-order valence-electron chi connectivity index (χ0n) is 14.6. The van der Waals surface area contributed by atoms with Crippen LogP contribution in [0.2, 0.25) is 0 Å². The van der Waals surface area contributed by atoms with E-state index in [9.17, 15) is 0 Å². The van der Waals surface area contributed by atoms with Crippen LogP contribution in [-0.4, -0.2) is 36.5 Å². The number of guanidine groups is 1. The number of aromatic nitrogens is 1. The Bertz CT molecular complexity index is 642. The van der Waals surface area contributed by atoms with Gasteiger partial charge in [-0.15, -0.1) is 35.3 Å². The average Bonchev–Trinajstić information content (AvgIpc) is 2.95. The smallest absolute Gasteiger partial charge is 0.194 e. The molecule has 0 spiro atoms. The van der Waals surface area contributed by atoms with Crippen LogP contribution in [0.1, 0.15) is 22.4 Å². The second-order valence-corrected chi connectivity index (χ2v) is 6.52. The van der Waals surface area contributed by atoms with Crippen molar-refractivity contribution in [1.29, 1.82) is 0 Å². The van der Waals surface area contributed by atoms with Crippen LogP contribution in [0, 0.1) is 6.92 Å². The zero-order valence-corrected chi connectivity index (χ0v) is 17.7. The Hall–Kier alpha value is -1.35. The second kappa shape index (κ2) is 10.5. The summed E-state index contributed by atoms with van der Waals surface area (Å²) in [7, 11) is 3.82. The molecule has 0 amide bonds. The van der Waals surface area contributed by atoms with Crippen LogP contribution < -0.4 is 10.1 Å². The predicted octanol–water partition coefficient (Wildman–Crippen LogP) is 3.68. The molecular formula is C17H25IN4OS. The van der Waals surface area contributed by atoms with Crippen molar-refractivity contribution >= 4 is 41.3 Å². The summed E-state index contributed by atoms with van der Waals surface area (Å²) in [6.45, 7) is 6.21. The van der Waals surface area contributed by atoms with E-state index in [2.05, 4.69) is 39.2 Å². The maximum absolute atomic E-state index is 5.47. The second-order valence-electron chi connectivity index (χ2n) is 5.20. The highest BCUT2D eigenvalue weighted by Crippen LogP contribution is 2.14. The number of hydrogen-bond donors (Lipinski definition) is 1. The van der Waals surface area contributed by atoms with Gasteiger partial charge in [-0.25, -0.2) is 4.98 Å². The Morgan fingerprint density at radius 2 is 2.04 bits per heavy atom. The lowest BCUT2D eigenvalue weighted by Crippen LogP contribution is -2.38. The number of thiazole rings is 1. The van der Waals surface area contributed by atoms with Gasteiger partial charge in [-0.1, -0.05) is 12.1 Å². The number of benzene rings is 1. The maximum atomic E-state index is 5.47. The predicted molar refractivity (Wildman–Crippen MR) is 112 cm³/mol. The van der Waals surface area contributed by atoms with Crippen molar-refractivity contribution in [1.82, 2.24) is 15.2 Å². The summed E-state index contributed by atoms with van der Waals surface area (Å²) in [6.07, 6.45) is 1.90. The molecule has 0 atom stereocenters. The first-order valence-corrected chi connectivity index (χ1v) is 8.49. The van der Waals surface area contributed by atoms with E-state index in [1.54, 1.807) is 18.4 Å². The molecule has 0 fully saturated rings. The number of halogens is 1. The van der Waals surface area contributed by atoms with Crippen molar-refractivity contribution < 1.29 is 4.74 Å². The first-order chi connectivity index (χ1) is 11.1. The van der Waals surface area contributed by atoms with Crippen molar-refractivity contribution in [2.45, 2.75) is 26.9 Å². The maximum Gasteiger partial charge on any atom is 0.194 e. The van der Waals surface area contributed by atoms with E-state index in [1.807, 2.05) is 32.3 Å². The molecule has 1 N–H and O–H groups in total. The number of aliphatic imine (C=N–C) groups is 1. The Labute approximate surface area is 165 Å². The summed E-state index contributed by atoms with van der Waals surface area (Å²) in [5.41, 5.74) is 1.21. The van der Waals surface area contributed by atoms with E-state index in [4.69, 9.17) is 4.74 Å². The molecule has 0 saturated heterocycles. The number of ether oxygens (including phenoxy) is 1. The molecule has 0 aliphatic rings. The van der Waals surface area contributed by atoms with E-state index in [0.717, 1.165) is 23.3 Å². The minimum absolute atomic E-state index is 0. The zero-order chi connectivity index (χ0) is 16.7. The first-order valence-electron chi connectivity index (χ1n) is 7.67. The minimum atomic E-state index is 0. The lowest BCUT2D eigenvalue weighted by molar-refractivity contribution is 0.340. The highest BCUT2D eigenvalue weighted by atomic mass is 127. The summed E-state index contributed by atoms with van der Waals surface area (Å²) < 4.78 is 5.47. The normalized spacial score (nSPS) is 10.9. The quantitative estimate of drug-likeness (QED) is 0.406. The summed E-state index contributed by atoms with van der Waals surface area (Å²) >= 11 is 1.70. The molecule has 0 saturated carbocycles. The van der Waals surface area contributed by atoms with Crippen molar-refractivity contribution in [3.05, 3.63) is 45.9 Å². The first kappa shape index (κ1) is 20.7.